The predicted molar refractivity (Wildman–Crippen MR) is 54.3 cm³/mol. The average molecular weight is 199 g/mol. The van der Waals surface area contributed by atoms with Crippen molar-refractivity contribution in [2.45, 2.75) is 6.42 Å². The van der Waals surface area contributed by atoms with Gasteiger partial charge in [-0.3, -0.25) is 0 Å². The van der Waals surface area contributed by atoms with Crippen LogP contribution in [0, 0.1) is 0 Å². The van der Waals surface area contributed by atoms with Crippen molar-refractivity contribution in [3.8, 4) is 0 Å². The Morgan fingerprint density at radius 1 is 1.62 bits per heavy atom. The third-order valence-electron chi connectivity index (χ3n) is 1.99. The molecule has 0 spiro atoms. The molecule has 0 saturated heterocycles. The molecule has 0 N–H and O–H groups in total. The van der Waals surface area contributed by atoms with Gasteiger partial charge in [-0.1, -0.05) is 0 Å². The van der Waals surface area contributed by atoms with Gasteiger partial charge in [-0.15, -0.1) is 0 Å². The summed E-state index contributed by atoms with van der Waals surface area (Å²) in [5.41, 5.74) is 1.68. The lowest BCUT2D eigenvalue weighted by Gasteiger charge is -2.04. The van der Waals surface area contributed by atoms with Crippen molar-refractivity contribution in [3.63, 3.8) is 0 Å². The highest BCUT2D eigenvalue weighted by Crippen LogP contribution is 2.09. The van der Waals surface area contributed by atoms with Gasteiger partial charge in [0, 0.05) is 12.7 Å². The van der Waals surface area contributed by atoms with Crippen LogP contribution >= 0.6 is 12.6 Å². The molecule has 0 aliphatic heterocycles. The first-order valence-corrected chi connectivity index (χ1v) is 4.67. The molecular weight excluding hydrogens is 186 g/mol. The van der Waals surface area contributed by atoms with Crippen LogP contribution in [-0.2, 0) is 18.2 Å². The Morgan fingerprint density at radius 3 is 2.85 bits per heavy atom. The minimum absolute atomic E-state index is 0.298. The summed E-state index contributed by atoms with van der Waals surface area (Å²) in [4.78, 5) is 11.2. The van der Waals surface area contributed by atoms with Gasteiger partial charge in [-0.2, -0.15) is 12.6 Å². The summed E-state index contributed by atoms with van der Waals surface area (Å²) >= 11 is 4.13. The van der Waals surface area contributed by atoms with Crippen molar-refractivity contribution in [3.05, 3.63) is 23.5 Å². The number of esters is 1. The van der Waals surface area contributed by atoms with E-state index in [1.54, 1.807) is 6.07 Å². The first-order valence-electron chi connectivity index (χ1n) is 4.04. The molecule has 0 atom stereocenters. The van der Waals surface area contributed by atoms with E-state index in [9.17, 15) is 4.79 Å². The number of hydrogen-bond acceptors (Lipinski definition) is 3. The van der Waals surface area contributed by atoms with Gasteiger partial charge < -0.3 is 9.30 Å². The Morgan fingerprint density at radius 2 is 2.31 bits per heavy atom. The molecule has 72 valence electrons. The molecule has 1 rings (SSSR count). The van der Waals surface area contributed by atoms with Crippen molar-refractivity contribution in [1.29, 1.82) is 0 Å². The molecule has 4 heteroatoms. The van der Waals surface area contributed by atoms with Crippen LogP contribution in [-0.4, -0.2) is 23.4 Å². The van der Waals surface area contributed by atoms with Gasteiger partial charge in [-0.25, -0.2) is 4.79 Å². The third kappa shape index (κ3) is 2.06. The molecule has 1 heterocycles. The summed E-state index contributed by atoms with van der Waals surface area (Å²) in [6.07, 6.45) is 0.858. The van der Waals surface area contributed by atoms with Gasteiger partial charge >= 0.3 is 5.97 Å². The Balaban J connectivity index is 2.92. The van der Waals surface area contributed by atoms with Gasteiger partial charge in [0.25, 0.3) is 0 Å². The van der Waals surface area contributed by atoms with E-state index < -0.39 is 0 Å². The van der Waals surface area contributed by atoms with Crippen LogP contribution in [0.5, 0.6) is 0 Å². The van der Waals surface area contributed by atoms with Gasteiger partial charge in [0.2, 0.25) is 0 Å². The molecule has 1 aromatic heterocycles. The van der Waals surface area contributed by atoms with E-state index in [1.807, 2.05) is 17.7 Å². The molecular formula is C9H13NO2S. The van der Waals surface area contributed by atoms with Crippen molar-refractivity contribution in [2.75, 3.05) is 12.9 Å². The fraction of sp³-hybridized carbons (Fsp3) is 0.444. The lowest BCUT2D eigenvalue weighted by atomic mass is 10.3. The Kier molecular flexibility index (Phi) is 3.42. The minimum atomic E-state index is -0.298. The smallest absolute Gasteiger partial charge is 0.354 e. The van der Waals surface area contributed by atoms with Crippen LogP contribution in [0.25, 0.3) is 0 Å². The lowest BCUT2D eigenvalue weighted by molar-refractivity contribution is 0.0589. The molecule has 13 heavy (non-hydrogen) atoms. The van der Waals surface area contributed by atoms with E-state index in [0.29, 0.717) is 5.69 Å². The monoisotopic (exact) mass is 199 g/mol. The second-order valence-electron chi connectivity index (χ2n) is 2.73. The highest BCUT2D eigenvalue weighted by Gasteiger charge is 2.11. The van der Waals surface area contributed by atoms with Crippen LogP contribution in [0.4, 0.5) is 0 Å². The maximum atomic E-state index is 11.2. The van der Waals surface area contributed by atoms with Gasteiger partial charge in [0.15, 0.2) is 0 Å². The zero-order chi connectivity index (χ0) is 9.84. The van der Waals surface area contributed by atoms with Gasteiger partial charge in [-0.05, 0) is 24.3 Å². The highest BCUT2D eigenvalue weighted by molar-refractivity contribution is 7.80. The predicted octanol–water partition coefficient (Wildman–Crippen LogP) is 1.28. The second kappa shape index (κ2) is 4.37. The number of nitrogens with zero attached hydrogens (tertiary/aromatic N) is 1. The number of hydrogen-bond donors (Lipinski definition) is 1. The van der Waals surface area contributed by atoms with Crippen LogP contribution in [0.3, 0.4) is 0 Å². The molecule has 0 amide bonds. The van der Waals surface area contributed by atoms with Gasteiger partial charge in [0.1, 0.15) is 5.69 Å². The van der Waals surface area contributed by atoms with Crippen molar-refractivity contribution in [1.82, 2.24) is 4.57 Å². The van der Waals surface area contributed by atoms with Crippen molar-refractivity contribution < 1.29 is 9.53 Å². The summed E-state index contributed by atoms with van der Waals surface area (Å²) in [6.45, 7) is 0. The average Bonchev–Trinajstić information content (AvgIpc) is 2.48. The summed E-state index contributed by atoms with van der Waals surface area (Å²) < 4.78 is 6.47. The summed E-state index contributed by atoms with van der Waals surface area (Å²) in [6, 6.07) is 3.69. The van der Waals surface area contributed by atoms with E-state index >= 15 is 0 Å². The van der Waals surface area contributed by atoms with Crippen LogP contribution in [0.1, 0.15) is 16.2 Å². The number of rotatable bonds is 3. The first kappa shape index (κ1) is 10.2. The largest absolute Gasteiger partial charge is 0.464 e. The molecule has 0 aromatic carbocycles. The van der Waals surface area contributed by atoms with E-state index in [-0.39, 0.29) is 5.97 Å². The quantitative estimate of drug-likeness (QED) is 0.587. The molecule has 1 aromatic rings. The number of aryl methyl sites for hydroxylation is 1. The molecule has 0 saturated carbocycles. The molecule has 0 bridgehead atoms. The zero-order valence-electron chi connectivity index (χ0n) is 7.78. The maximum Gasteiger partial charge on any atom is 0.354 e. The molecule has 0 aliphatic carbocycles. The number of carbonyl (C=O) groups excluding carboxylic acids is 1. The number of ether oxygens (including phenoxy) is 1. The Labute approximate surface area is 83.1 Å². The SMILES string of the molecule is COC(=O)c1ccc(CCS)n1C. The molecule has 0 unspecified atom stereocenters. The van der Waals surface area contributed by atoms with E-state index in [0.717, 1.165) is 17.9 Å². The minimum Gasteiger partial charge on any atom is -0.464 e. The highest BCUT2D eigenvalue weighted by atomic mass is 32.1. The third-order valence-corrected chi connectivity index (χ3v) is 2.21. The Hall–Kier alpha value is -0.900. The van der Waals surface area contributed by atoms with Crippen molar-refractivity contribution in [2.24, 2.45) is 7.05 Å². The molecule has 0 radical (unpaired) electrons. The standard InChI is InChI=1S/C9H13NO2S/c1-10-7(5-6-13)3-4-8(10)9(11)12-2/h3-4,13H,5-6H2,1-2H3. The number of carbonyl (C=O) groups is 1. The number of methoxy groups -OCH3 is 1. The molecule has 0 fully saturated rings. The fourth-order valence-corrected chi connectivity index (χ4v) is 1.46. The summed E-state index contributed by atoms with van der Waals surface area (Å²) in [7, 11) is 3.23. The Bertz CT molecular complexity index is 307. The van der Waals surface area contributed by atoms with E-state index in [2.05, 4.69) is 17.4 Å². The second-order valence-corrected chi connectivity index (χ2v) is 3.18. The fourth-order valence-electron chi connectivity index (χ4n) is 1.23. The van der Waals surface area contributed by atoms with Crippen molar-refractivity contribution >= 4 is 18.6 Å². The van der Waals surface area contributed by atoms with Crippen LogP contribution < -0.4 is 0 Å². The lowest BCUT2D eigenvalue weighted by Crippen LogP contribution is -2.09. The van der Waals surface area contributed by atoms with Gasteiger partial charge in [0.05, 0.1) is 7.11 Å². The summed E-state index contributed by atoms with van der Waals surface area (Å²) in [5, 5.41) is 0. The van der Waals surface area contributed by atoms with E-state index in [1.165, 1.54) is 7.11 Å². The number of aromatic nitrogens is 1. The zero-order valence-corrected chi connectivity index (χ0v) is 8.67. The van der Waals surface area contributed by atoms with E-state index in [4.69, 9.17) is 0 Å². The normalized spacial score (nSPS) is 10.1. The summed E-state index contributed by atoms with van der Waals surface area (Å²) in [5.74, 6) is 0.478. The van der Waals surface area contributed by atoms with Crippen LogP contribution in [0.2, 0.25) is 0 Å². The topological polar surface area (TPSA) is 31.2 Å². The molecule has 0 aliphatic rings. The van der Waals surface area contributed by atoms with Crippen LogP contribution in [0.15, 0.2) is 12.1 Å². The molecule has 3 nitrogen and oxygen atoms in total. The first-order chi connectivity index (χ1) is 6.20. The number of thiol groups is 1. The maximum absolute atomic E-state index is 11.2.